The zero-order chi connectivity index (χ0) is 14.8. The van der Waals surface area contributed by atoms with Crippen molar-refractivity contribution in [3.05, 3.63) is 0 Å². The quantitative estimate of drug-likeness (QED) is 0.755. The van der Waals surface area contributed by atoms with Crippen molar-refractivity contribution in [3.63, 3.8) is 0 Å². The molecule has 116 valence electrons. The van der Waals surface area contributed by atoms with Crippen molar-refractivity contribution in [3.8, 4) is 0 Å². The van der Waals surface area contributed by atoms with E-state index in [2.05, 4.69) is 4.72 Å². The van der Waals surface area contributed by atoms with Gasteiger partial charge in [-0.2, -0.15) is 17.4 Å². The Balaban J connectivity index is 1.89. The predicted molar refractivity (Wildman–Crippen MR) is 72.4 cm³/mol. The summed E-state index contributed by atoms with van der Waals surface area (Å²) in [6.45, 7) is 2.99. The molecule has 2 unspecified atom stereocenters. The van der Waals surface area contributed by atoms with E-state index in [1.165, 1.54) is 4.31 Å². The molecule has 2 N–H and O–H groups in total. The molecule has 0 bridgehead atoms. The number of aliphatic carboxylic acids is 1. The maximum absolute atomic E-state index is 12.2. The number of nitrogens with one attached hydrogen (secondary N) is 1. The summed E-state index contributed by atoms with van der Waals surface area (Å²) in [5, 5.41) is 8.92. The third kappa shape index (κ3) is 3.69. The van der Waals surface area contributed by atoms with Crippen molar-refractivity contribution >= 4 is 16.2 Å². The van der Waals surface area contributed by atoms with Gasteiger partial charge in [0.1, 0.15) is 0 Å². The minimum Gasteiger partial charge on any atom is -0.481 e. The molecule has 0 aromatic rings. The van der Waals surface area contributed by atoms with Gasteiger partial charge in [0, 0.05) is 25.7 Å². The molecule has 2 aliphatic rings. The second-order valence-corrected chi connectivity index (χ2v) is 7.18. The molecule has 2 rings (SSSR count). The summed E-state index contributed by atoms with van der Waals surface area (Å²) in [5.41, 5.74) is 0. The van der Waals surface area contributed by atoms with E-state index in [0.717, 1.165) is 12.8 Å². The molecule has 2 saturated heterocycles. The van der Waals surface area contributed by atoms with Crippen molar-refractivity contribution in [2.45, 2.75) is 44.8 Å². The zero-order valence-electron chi connectivity index (χ0n) is 11.6. The van der Waals surface area contributed by atoms with Gasteiger partial charge in [-0.3, -0.25) is 4.79 Å². The standard InChI is InChI=1S/C12H22N2O5S/c1-9(11-3-2-8-19-11)13-20(17,18)14-6-4-10(5-7-14)12(15)16/h9-11,13H,2-8H2,1H3,(H,15,16). The molecular formula is C12H22N2O5S. The van der Waals surface area contributed by atoms with Crippen LogP contribution in [0.15, 0.2) is 0 Å². The van der Waals surface area contributed by atoms with Gasteiger partial charge in [-0.15, -0.1) is 0 Å². The normalized spacial score (nSPS) is 27.6. The molecule has 0 spiro atoms. The predicted octanol–water partition coefficient (Wildman–Crippen LogP) is 0.185. The van der Waals surface area contributed by atoms with E-state index >= 15 is 0 Å². The van der Waals surface area contributed by atoms with E-state index in [9.17, 15) is 13.2 Å². The summed E-state index contributed by atoms with van der Waals surface area (Å²) in [6, 6.07) is -0.264. The monoisotopic (exact) mass is 306 g/mol. The number of hydrogen-bond donors (Lipinski definition) is 2. The van der Waals surface area contributed by atoms with Crippen molar-refractivity contribution < 1.29 is 23.1 Å². The summed E-state index contributed by atoms with van der Waals surface area (Å²) in [4.78, 5) is 10.9. The van der Waals surface area contributed by atoms with E-state index in [0.29, 0.717) is 19.4 Å². The lowest BCUT2D eigenvalue weighted by molar-refractivity contribution is -0.142. The molecule has 0 saturated carbocycles. The van der Waals surface area contributed by atoms with Crippen molar-refractivity contribution in [1.29, 1.82) is 0 Å². The maximum atomic E-state index is 12.2. The van der Waals surface area contributed by atoms with Gasteiger partial charge in [-0.25, -0.2) is 0 Å². The molecular weight excluding hydrogens is 284 g/mol. The highest BCUT2D eigenvalue weighted by Crippen LogP contribution is 2.21. The molecule has 20 heavy (non-hydrogen) atoms. The van der Waals surface area contributed by atoms with Gasteiger partial charge >= 0.3 is 5.97 Å². The van der Waals surface area contributed by atoms with Gasteiger partial charge in [0.2, 0.25) is 0 Å². The second kappa shape index (κ2) is 6.38. The van der Waals surface area contributed by atoms with Crippen LogP contribution in [0.2, 0.25) is 0 Å². The Morgan fingerprint density at radius 3 is 2.50 bits per heavy atom. The van der Waals surface area contributed by atoms with Crippen molar-refractivity contribution in [2.75, 3.05) is 19.7 Å². The first-order chi connectivity index (χ1) is 9.40. The average Bonchev–Trinajstić information content (AvgIpc) is 2.92. The minimum atomic E-state index is -3.56. The number of carboxylic acids is 1. The van der Waals surface area contributed by atoms with Crippen LogP contribution >= 0.6 is 0 Å². The van der Waals surface area contributed by atoms with Crippen molar-refractivity contribution in [2.24, 2.45) is 5.92 Å². The number of carbonyl (C=O) groups is 1. The van der Waals surface area contributed by atoms with E-state index in [-0.39, 0.29) is 25.2 Å². The van der Waals surface area contributed by atoms with Crippen LogP contribution in [0.1, 0.15) is 32.6 Å². The van der Waals surface area contributed by atoms with Gasteiger partial charge in [-0.05, 0) is 32.6 Å². The van der Waals surface area contributed by atoms with Crippen LogP contribution in [-0.4, -0.2) is 55.6 Å². The third-order valence-electron chi connectivity index (χ3n) is 4.00. The molecule has 2 atom stereocenters. The van der Waals surface area contributed by atoms with Crippen molar-refractivity contribution in [1.82, 2.24) is 9.03 Å². The number of nitrogens with zero attached hydrogens (tertiary/aromatic N) is 1. The lowest BCUT2D eigenvalue weighted by atomic mass is 9.99. The van der Waals surface area contributed by atoms with Crippen LogP contribution in [0.5, 0.6) is 0 Å². The molecule has 0 aromatic heterocycles. The number of carboxylic acid groups (broad SMARTS) is 1. The highest BCUT2D eigenvalue weighted by molar-refractivity contribution is 7.87. The minimum absolute atomic E-state index is 0.0682. The number of piperidine rings is 1. The van der Waals surface area contributed by atoms with E-state index < -0.39 is 22.1 Å². The van der Waals surface area contributed by atoms with Crippen LogP contribution in [0.4, 0.5) is 0 Å². The fourth-order valence-electron chi connectivity index (χ4n) is 2.73. The fraction of sp³-hybridized carbons (Fsp3) is 0.917. The summed E-state index contributed by atoms with van der Waals surface area (Å²) in [6.07, 6.45) is 2.49. The highest BCUT2D eigenvalue weighted by atomic mass is 32.2. The number of rotatable bonds is 5. The Morgan fingerprint density at radius 1 is 1.35 bits per heavy atom. The fourth-order valence-corrected chi connectivity index (χ4v) is 4.19. The topological polar surface area (TPSA) is 95.9 Å². The van der Waals surface area contributed by atoms with Crippen LogP contribution in [-0.2, 0) is 19.7 Å². The van der Waals surface area contributed by atoms with E-state index in [4.69, 9.17) is 9.84 Å². The number of ether oxygens (including phenoxy) is 1. The van der Waals surface area contributed by atoms with Gasteiger partial charge in [0.15, 0.2) is 0 Å². The lowest BCUT2D eigenvalue weighted by Gasteiger charge is -2.31. The molecule has 0 amide bonds. The molecule has 0 aromatic carbocycles. The van der Waals surface area contributed by atoms with Crippen LogP contribution in [0, 0.1) is 5.92 Å². The van der Waals surface area contributed by atoms with Crippen LogP contribution < -0.4 is 4.72 Å². The largest absolute Gasteiger partial charge is 0.481 e. The zero-order valence-corrected chi connectivity index (χ0v) is 12.4. The molecule has 0 aliphatic carbocycles. The Hall–Kier alpha value is -0.700. The smallest absolute Gasteiger partial charge is 0.306 e. The van der Waals surface area contributed by atoms with Crippen LogP contribution in [0.25, 0.3) is 0 Å². The molecule has 8 heteroatoms. The summed E-state index contributed by atoms with van der Waals surface area (Å²) >= 11 is 0. The SMILES string of the molecule is CC(NS(=O)(=O)N1CCC(C(=O)O)CC1)C1CCCO1. The molecule has 2 fully saturated rings. The summed E-state index contributed by atoms with van der Waals surface area (Å²) in [5.74, 6) is -1.28. The van der Waals surface area contributed by atoms with E-state index in [1.54, 1.807) is 6.92 Å². The molecule has 7 nitrogen and oxygen atoms in total. The highest BCUT2D eigenvalue weighted by Gasteiger charge is 2.33. The first-order valence-electron chi connectivity index (χ1n) is 7.02. The first-order valence-corrected chi connectivity index (χ1v) is 8.46. The maximum Gasteiger partial charge on any atom is 0.306 e. The Kier molecular flexibility index (Phi) is 5.00. The van der Waals surface area contributed by atoms with E-state index in [1.807, 2.05) is 0 Å². The average molecular weight is 306 g/mol. The van der Waals surface area contributed by atoms with Gasteiger partial charge in [0.05, 0.1) is 12.0 Å². The molecule has 0 radical (unpaired) electrons. The molecule has 2 heterocycles. The van der Waals surface area contributed by atoms with Gasteiger partial charge in [0.25, 0.3) is 10.2 Å². The Bertz CT molecular complexity index is 439. The second-order valence-electron chi connectivity index (χ2n) is 5.47. The summed E-state index contributed by atoms with van der Waals surface area (Å²) < 4.78 is 33.9. The Labute approximate surface area is 119 Å². The summed E-state index contributed by atoms with van der Waals surface area (Å²) in [7, 11) is -3.56. The Morgan fingerprint density at radius 2 is 2.00 bits per heavy atom. The number of hydrogen-bond acceptors (Lipinski definition) is 4. The van der Waals surface area contributed by atoms with Crippen LogP contribution in [0.3, 0.4) is 0 Å². The third-order valence-corrected chi connectivity index (χ3v) is 5.72. The van der Waals surface area contributed by atoms with Gasteiger partial charge < -0.3 is 9.84 Å². The first kappa shape index (κ1) is 15.7. The molecule has 2 aliphatic heterocycles. The lowest BCUT2D eigenvalue weighted by Crippen LogP contribution is -2.50. The van der Waals surface area contributed by atoms with Gasteiger partial charge in [-0.1, -0.05) is 0 Å².